The molecule has 1 aromatic carbocycles. The highest BCUT2D eigenvalue weighted by molar-refractivity contribution is 6.11. The Morgan fingerprint density at radius 1 is 1.00 bits per heavy atom. The molecule has 1 N–H and O–H groups in total. The molecular weight excluding hydrogens is 468 g/mol. The van der Waals surface area contributed by atoms with E-state index in [4.69, 9.17) is 4.74 Å². The SMILES string of the molecule is CN1CCN(c2ccc(Nc3ccc(-c4ccncc4)c4c3C(=O)N(C(=O)OC(C)(C)C)C4)nc2)CC1. The smallest absolute Gasteiger partial charge is 0.417 e. The highest BCUT2D eigenvalue weighted by atomic mass is 16.6. The van der Waals surface area contributed by atoms with Crippen LogP contribution in [-0.4, -0.2) is 70.6 Å². The van der Waals surface area contributed by atoms with Gasteiger partial charge < -0.3 is 19.9 Å². The van der Waals surface area contributed by atoms with E-state index in [9.17, 15) is 9.59 Å². The van der Waals surface area contributed by atoms with E-state index in [-0.39, 0.29) is 6.54 Å². The van der Waals surface area contributed by atoms with Crippen LogP contribution in [0.5, 0.6) is 0 Å². The molecule has 0 bridgehead atoms. The van der Waals surface area contributed by atoms with Crippen molar-refractivity contribution in [2.75, 3.05) is 43.4 Å². The van der Waals surface area contributed by atoms with Crippen molar-refractivity contribution in [1.29, 1.82) is 0 Å². The Labute approximate surface area is 217 Å². The Hall–Kier alpha value is -3.98. The van der Waals surface area contributed by atoms with Gasteiger partial charge in [-0.05, 0) is 74.8 Å². The number of hydrogen-bond acceptors (Lipinski definition) is 8. The number of fused-ring (bicyclic) bond motifs is 1. The van der Waals surface area contributed by atoms with E-state index < -0.39 is 17.6 Å². The van der Waals surface area contributed by atoms with Crippen LogP contribution in [0.3, 0.4) is 0 Å². The molecule has 2 aliphatic rings. The second-order valence-electron chi connectivity index (χ2n) is 10.4. The molecule has 0 atom stereocenters. The summed E-state index contributed by atoms with van der Waals surface area (Å²) in [4.78, 5) is 41.0. The lowest BCUT2D eigenvalue weighted by Crippen LogP contribution is -2.44. The van der Waals surface area contributed by atoms with Gasteiger partial charge in [0, 0.05) is 38.6 Å². The van der Waals surface area contributed by atoms with Gasteiger partial charge in [0.05, 0.1) is 29.7 Å². The first-order chi connectivity index (χ1) is 17.7. The zero-order valence-electron chi connectivity index (χ0n) is 21.7. The van der Waals surface area contributed by atoms with Crippen LogP contribution < -0.4 is 10.2 Å². The second-order valence-corrected chi connectivity index (χ2v) is 10.4. The topological polar surface area (TPSA) is 90.9 Å². The van der Waals surface area contributed by atoms with E-state index >= 15 is 0 Å². The highest BCUT2D eigenvalue weighted by Gasteiger charge is 2.38. The van der Waals surface area contributed by atoms with E-state index in [1.54, 1.807) is 33.2 Å². The summed E-state index contributed by atoms with van der Waals surface area (Å²) in [5.41, 5.74) is 3.97. The maximum absolute atomic E-state index is 13.5. The summed E-state index contributed by atoms with van der Waals surface area (Å²) in [6.45, 7) is 9.45. The fourth-order valence-corrected chi connectivity index (χ4v) is 4.64. The van der Waals surface area contributed by atoms with Crippen LogP contribution in [0.4, 0.5) is 22.0 Å². The lowest BCUT2D eigenvalue weighted by molar-refractivity contribution is 0.0248. The summed E-state index contributed by atoms with van der Waals surface area (Å²) in [5, 5.41) is 3.31. The lowest BCUT2D eigenvalue weighted by Gasteiger charge is -2.33. The van der Waals surface area contributed by atoms with Gasteiger partial charge in [0.25, 0.3) is 5.91 Å². The molecule has 1 fully saturated rings. The first kappa shape index (κ1) is 24.7. The van der Waals surface area contributed by atoms with Gasteiger partial charge >= 0.3 is 6.09 Å². The third-order valence-electron chi connectivity index (χ3n) is 6.57. The van der Waals surface area contributed by atoms with Crippen molar-refractivity contribution in [3.8, 4) is 11.1 Å². The number of anilines is 3. The van der Waals surface area contributed by atoms with Crippen LogP contribution in [0.25, 0.3) is 11.1 Å². The van der Waals surface area contributed by atoms with Gasteiger partial charge in [0.1, 0.15) is 11.4 Å². The van der Waals surface area contributed by atoms with Crippen LogP contribution >= 0.6 is 0 Å². The third-order valence-corrected chi connectivity index (χ3v) is 6.57. The number of amides is 2. The van der Waals surface area contributed by atoms with Gasteiger partial charge in [-0.2, -0.15) is 0 Å². The van der Waals surface area contributed by atoms with E-state index in [1.807, 2.05) is 42.6 Å². The number of pyridine rings is 2. The Bertz CT molecular complexity index is 1300. The third kappa shape index (κ3) is 5.27. The van der Waals surface area contributed by atoms with Crippen LogP contribution in [0.15, 0.2) is 55.0 Å². The number of likely N-dealkylation sites (N-methyl/N-ethyl adjacent to an activating group) is 1. The average Bonchev–Trinajstić information content (AvgIpc) is 3.23. The maximum Gasteiger partial charge on any atom is 0.417 e. The van der Waals surface area contributed by atoms with Gasteiger partial charge in [0.2, 0.25) is 0 Å². The number of nitrogens with one attached hydrogen (secondary N) is 1. The second kappa shape index (κ2) is 9.82. The molecule has 0 aliphatic carbocycles. The maximum atomic E-state index is 13.5. The molecule has 0 saturated carbocycles. The highest BCUT2D eigenvalue weighted by Crippen LogP contribution is 2.38. The fourth-order valence-electron chi connectivity index (χ4n) is 4.64. The zero-order valence-corrected chi connectivity index (χ0v) is 21.7. The van der Waals surface area contributed by atoms with Gasteiger partial charge in [-0.3, -0.25) is 9.78 Å². The normalized spacial score (nSPS) is 16.1. The first-order valence-corrected chi connectivity index (χ1v) is 12.5. The molecule has 37 heavy (non-hydrogen) atoms. The number of ether oxygens (including phenoxy) is 1. The number of nitrogens with zero attached hydrogens (tertiary/aromatic N) is 5. The van der Waals surface area contributed by atoms with E-state index in [0.29, 0.717) is 17.1 Å². The van der Waals surface area contributed by atoms with Crippen molar-refractivity contribution in [2.45, 2.75) is 32.9 Å². The number of carbonyl (C=O) groups is 2. The number of imide groups is 1. The van der Waals surface area contributed by atoms with Crippen LogP contribution in [0, 0.1) is 0 Å². The van der Waals surface area contributed by atoms with Crippen LogP contribution in [0.1, 0.15) is 36.7 Å². The van der Waals surface area contributed by atoms with Crippen molar-refractivity contribution in [2.24, 2.45) is 0 Å². The van der Waals surface area contributed by atoms with Crippen molar-refractivity contribution >= 4 is 29.2 Å². The fraction of sp³-hybridized carbons (Fsp3) is 0.357. The quantitative estimate of drug-likeness (QED) is 0.559. The molecule has 3 aromatic rings. The predicted molar refractivity (Wildman–Crippen MR) is 143 cm³/mol. The van der Waals surface area contributed by atoms with Crippen molar-refractivity contribution in [3.05, 3.63) is 66.1 Å². The number of rotatable bonds is 4. The van der Waals surface area contributed by atoms with Crippen LogP contribution in [-0.2, 0) is 11.3 Å². The minimum absolute atomic E-state index is 0.131. The molecule has 2 aromatic heterocycles. The van der Waals surface area contributed by atoms with Gasteiger partial charge in [-0.1, -0.05) is 6.07 Å². The van der Waals surface area contributed by atoms with Crippen molar-refractivity contribution < 1.29 is 14.3 Å². The van der Waals surface area contributed by atoms with E-state index in [1.165, 1.54) is 0 Å². The summed E-state index contributed by atoms with van der Waals surface area (Å²) in [7, 11) is 2.13. The standard InChI is InChI=1S/C28H32N6O3/c1-28(2,3)37-27(36)34-18-22-21(19-9-11-29-12-10-19)6-7-23(25(22)26(34)35)31-24-8-5-20(17-30-24)33-15-13-32(4)14-16-33/h5-12,17H,13-16,18H2,1-4H3,(H,30,31). The molecule has 9 heteroatoms. The Morgan fingerprint density at radius 2 is 1.73 bits per heavy atom. The molecule has 192 valence electrons. The molecule has 1 saturated heterocycles. The monoisotopic (exact) mass is 500 g/mol. The lowest BCUT2D eigenvalue weighted by atomic mass is 9.96. The Kier molecular flexibility index (Phi) is 6.55. The number of piperazine rings is 1. The van der Waals surface area contributed by atoms with Gasteiger partial charge in [-0.25, -0.2) is 14.7 Å². The number of carbonyl (C=O) groups excluding carboxylic acids is 2. The minimum atomic E-state index is -0.712. The van der Waals surface area contributed by atoms with Crippen molar-refractivity contribution in [1.82, 2.24) is 19.8 Å². The summed E-state index contributed by atoms with van der Waals surface area (Å²) in [6, 6.07) is 11.6. The first-order valence-electron chi connectivity index (χ1n) is 12.5. The molecule has 0 radical (unpaired) electrons. The van der Waals surface area contributed by atoms with Crippen LogP contribution in [0.2, 0.25) is 0 Å². The summed E-state index contributed by atoms with van der Waals surface area (Å²) >= 11 is 0. The number of hydrogen-bond donors (Lipinski definition) is 1. The molecule has 0 spiro atoms. The average molecular weight is 501 g/mol. The summed E-state index contributed by atoms with van der Waals surface area (Å²) in [6.07, 6.45) is 4.62. The number of benzene rings is 1. The Balaban J connectivity index is 1.45. The molecule has 2 aliphatic heterocycles. The van der Waals surface area contributed by atoms with Crippen molar-refractivity contribution in [3.63, 3.8) is 0 Å². The largest absolute Gasteiger partial charge is 0.443 e. The minimum Gasteiger partial charge on any atom is -0.443 e. The van der Waals surface area contributed by atoms with Gasteiger partial charge in [0.15, 0.2) is 0 Å². The summed E-state index contributed by atoms with van der Waals surface area (Å²) in [5.74, 6) is 0.233. The van der Waals surface area contributed by atoms with E-state index in [0.717, 1.165) is 53.5 Å². The number of aromatic nitrogens is 2. The van der Waals surface area contributed by atoms with E-state index in [2.05, 4.69) is 32.1 Å². The molecule has 2 amide bonds. The Morgan fingerprint density at radius 3 is 2.38 bits per heavy atom. The zero-order chi connectivity index (χ0) is 26.2. The molecule has 0 unspecified atom stereocenters. The molecular formula is C28H32N6O3. The molecule has 4 heterocycles. The summed E-state index contributed by atoms with van der Waals surface area (Å²) < 4.78 is 5.52. The molecule has 5 rings (SSSR count). The van der Waals surface area contributed by atoms with Gasteiger partial charge in [-0.15, -0.1) is 0 Å². The predicted octanol–water partition coefficient (Wildman–Crippen LogP) is 4.53. The molecule has 9 nitrogen and oxygen atoms in total.